The third-order valence-electron chi connectivity index (χ3n) is 3.21. The van der Waals surface area contributed by atoms with Gasteiger partial charge in [0, 0.05) is 30.4 Å². The van der Waals surface area contributed by atoms with Crippen LogP contribution in [0.4, 0.5) is 0 Å². The van der Waals surface area contributed by atoms with Gasteiger partial charge in [-0.3, -0.25) is 5.10 Å². The summed E-state index contributed by atoms with van der Waals surface area (Å²) in [5.41, 5.74) is 6.81. The van der Waals surface area contributed by atoms with Crippen molar-refractivity contribution in [3.05, 3.63) is 11.3 Å². The molecule has 4 N–H and O–H groups in total. The summed E-state index contributed by atoms with van der Waals surface area (Å²) < 4.78 is 27.1. The Hall–Kier alpha value is -0.960. The second-order valence-electron chi connectivity index (χ2n) is 4.71. The van der Waals surface area contributed by atoms with Crippen LogP contribution in [0.15, 0.2) is 5.03 Å². The van der Waals surface area contributed by atoms with Crippen LogP contribution in [-0.4, -0.2) is 49.7 Å². The molecule has 0 bridgehead atoms. The van der Waals surface area contributed by atoms with Crippen LogP contribution >= 0.6 is 0 Å². The summed E-state index contributed by atoms with van der Waals surface area (Å²) in [4.78, 5) is 2.09. The third-order valence-corrected chi connectivity index (χ3v) is 4.70. The first-order valence-electron chi connectivity index (χ1n) is 5.89. The molecule has 0 spiro atoms. The van der Waals surface area contributed by atoms with Crippen LogP contribution < -0.4 is 10.5 Å². The normalized spacial score (nSPS) is 21.6. The van der Waals surface area contributed by atoms with Crippen molar-refractivity contribution < 1.29 is 8.42 Å². The van der Waals surface area contributed by atoms with Gasteiger partial charge in [-0.05, 0) is 26.9 Å². The second-order valence-corrected chi connectivity index (χ2v) is 6.33. The fourth-order valence-electron chi connectivity index (χ4n) is 2.20. The summed E-state index contributed by atoms with van der Waals surface area (Å²) in [7, 11) is -1.62. The lowest BCUT2D eigenvalue weighted by molar-refractivity contribution is 0.407. The quantitative estimate of drug-likeness (QED) is 0.663. The largest absolute Gasteiger partial charge is 0.326 e. The number of aryl methyl sites for hydroxylation is 1. The molecule has 18 heavy (non-hydrogen) atoms. The van der Waals surface area contributed by atoms with Crippen LogP contribution in [0.1, 0.15) is 17.7 Å². The topological polar surface area (TPSA) is 104 Å². The molecule has 0 saturated carbocycles. The second kappa shape index (κ2) is 4.96. The minimum absolute atomic E-state index is 0.0250. The molecule has 1 aromatic heterocycles. The van der Waals surface area contributed by atoms with Gasteiger partial charge in [0.1, 0.15) is 0 Å². The monoisotopic (exact) mass is 273 g/mol. The van der Waals surface area contributed by atoms with Crippen LogP contribution in [0.25, 0.3) is 0 Å². The summed E-state index contributed by atoms with van der Waals surface area (Å²) in [5, 5.41) is 6.54. The van der Waals surface area contributed by atoms with Gasteiger partial charge >= 0.3 is 0 Å². The Kier molecular flexibility index (Phi) is 3.71. The van der Waals surface area contributed by atoms with Crippen molar-refractivity contribution in [2.75, 3.05) is 20.1 Å². The number of aromatic nitrogens is 2. The SMILES string of the molecule is Cc1[nH]nc(S(=O)(=O)NC2CCN(C)C2)c1CN. The fourth-order valence-corrected chi connectivity index (χ4v) is 3.67. The van der Waals surface area contributed by atoms with Crippen LogP contribution in [0.2, 0.25) is 0 Å². The van der Waals surface area contributed by atoms with E-state index in [1.807, 2.05) is 7.05 Å². The van der Waals surface area contributed by atoms with Crippen LogP contribution in [0.3, 0.4) is 0 Å². The van der Waals surface area contributed by atoms with Crippen molar-refractivity contribution in [3.8, 4) is 0 Å². The van der Waals surface area contributed by atoms with Gasteiger partial charge in [0.2, 0.25) is 0 Å². The van der Waals surface area contributed by atoms with Crippen molar-refractivity contribution in [3.63, 3.8) is 0 Å². The number of H-pyrrole nitrogens is 1. The Morgan fingerprint density at radius 1 is 1.61 bits per heavy atom. The highest BCUT2D eigenvalue weighted by molar-refractivity contribution is 7.89. The van der Waals surface area contributed by atoms with E-state index in [4.69, 9.17) is 5.73 Å². The Morgan fingerprint density at radius 2 is 2.33 bits per heavy atom. The van der Waals surface area contributed by atoms with Gasteiger partial charge in [0.05, 0.1) is 0 Å². The molecule has 7 nitrogen and oxygen atoms in total. The molecule has 1 aliphatic rings. The molecule has 0 aliphatic carbocycles. The Labute approximate surface area is 107 Å². The first kappa shape index (κ1) is 13.5. The summed E-state index contributed by atoms with van der Waals surface area (Å²) in [6, 6.07) is -0.0531. The number of nitrogens with one attached hydrogen (secondary N) is 2. The highest BCUT2D eigenvalue weighted by Crippen LogP contribution is 2.17. The van der Waals surface area contributed by atoms with E-state index in [1.54, 1.807) is 6.92 Å². The molecule has 8 heteroatoms. The van der Waals surface area contributed by atoms with E-state index in [-0.39, 0.29) is 17.6 Å². The van der Waals surface area contributed by atoms with Gasteiger partial charge in [-0.1, -0.05) is 0 Å². The minimum Gasteiger partial charge on any atom is -0.326 e. The maximum atomic E-state index is 12.2. The molecular weight excluding hydrogens is 254 g/mol. The standard InChI is InChI=1S/C10H19N5O2S/c1-7-9(5-11)10(13-12-7)18(16,17)14-8-3-4-15(2)6-8/h8,14H,3-6,11H2,1-2H3,(H,12,13). The Balaban J connectivity index is 2.20. The molecule has 0 aromatic carbocycles. The highest BCUT2D eigenvalue weighted by atomic mass is 32.2. The van der Waals surface area contributed by atoms with Crippen molar-refractivity contribution >= 4 is 10.0 Å². The zero-order chi connectivity index (χ0) is 13.3. The summed E-state index contributed by atoms with van der Waals surface area (Å²) >= 11 is 0. The summed E-state index contributed by atoms with van der Waals surface area (Å²) in [6.45, 7) is 3.54. The van der Waals surface area contributed by atoms with E-state index in [0.29, 0.717) is 11.3 Å². The molecule has 2 rings (SSSR count). The van der Waals surface area contributed by atoms with Gasteiger partial charge in [-0.15, -0.1) is 0 Å². The Bertz CT molecular complexity index is 524. The van der Waals surface area contributed by atoms with Gasteiger partial charge < -0.3 is 10.6 Å². The van der Waals surface area contributed by atoms with E-state index >= 15 is 0 Å². The van der Waals surface area contributed by atoms with Crippen molar-refractivity contribution in [2.24, 2.45) is 5.73 Å². The molecule has 1 aromatic rings. The third kappa shape index (κ3) is 2.56. The fraction of sp³-hybridized carbons (Fsp3) is 0.700. The number of nitrogens with two attached hydrogens (primary N) is 1. The number of hydrogen-bond acceptors (Lipinski definition) is 5. The predicted molar refractivity (Wildman–Crippen MR) is 67.4 cm³/mol. The molecule has 102 valence electrons. The van der Waals surface area contributed by atoms with E-state index < -0.39 is 10.0 Å². The predicted octanol–water partition coefficient (Wildman–Crippen LogP) is -0.841. The van der Waals surface area contributed by atoms with E-state index in [9.17, 15) is 8.42 Å². The smallest absolute Gasteiger partial charge is 0.260 e. The molecule has 0 amide bonds. The number of likely N-dealkylation sites (tertiary alicyclic amines) is 1. The molecule has 1 fully saturated rings. The first-order chi connectivity index (χ1) is 8.44. The molecular formula is C10H19N5O2S. The van der Waals surface area contributed by atoms with Crippen molar-refractivity contribution in [2.45, 2.75) is 31.0 Å². The average molecular weight is 273 g/mol. The number of aromatic amines is 1. The lowest BCUT2D eigenvalue weighted by Crippen LogP contribution is -2.37. The summed E-state index contributed by atoms with van der Waals surface area (Å²) in [6.07, 6.45) is 0.817. The van der Waals surface area contributed by atoms with Crippen molar-refractivity contribution in [1.29, 1.82) is 0 Å². The number of sulfonamides is 1. The average Bonchev–Trinajstić information content (AvgIpc) is 2.84. The maximum absolute atomic E-state index is 12.2. The lowest BCUT2D eigenvalue weighted by atomic mass is 10.3. The highest BCUT2D eigenvalue weighted by Gasteiger charge is 2.29. The van der Waals surface area contributed by atoms with Gasteiger partial charge in [-0.25, -0.2) is 13.1 Å². The van der Waals surface area contributed by atoms with Gasteiger partial charge in [-0.2, -0.15) is 5.10 Å². The van der Waals surface area contributed by atoms with E-state index in [2.05, 4.69) is 19.8 Å². The lowest BCUT2D eigenvalue weighted by Gasteiger charge is -2.12. The zero-order valence-electron chi connectivity index (χ0n) is 10.6. The molecule has 1 unspecified atom stereocenters. The van der Waals surface area contributed by atoms with Gasteiger partial charge in [0.15, 0.2) is 5.03 Å². The zero-order valence-corrected chi connectivity index (χ0v) is 11.4. The van der Waals surface area contributed by atoms with Crippen molar-refractivity contribution in [1.82, 2.24) is 19.8 Å². The molecule has 1 atom stereocenters. The first-order valence-corrected chi connectivity index (χ1v) is 7.37. The van der Waals surface area contributed by atoms with Crippen LogP contribution in [0.5, 0.6) is 0 Å². The van der Waals surface area contributed by atoms with Crippen LogP contribution in [0, 0.1) is 6.92 Å². The maximum Gasteiger partial charge on any atom is 0.260 e. The summed E-state index contributed by atoms with van der Waals surface area (Å²) in [5.74, 6) is 0. The molecule has 1 saturated heterocycles. The molecule has 0 radical (unpaired) electrons. The van der Waals surface area contributed by atoms with E-state index in [0.717, 1.165) is 19.5 Å². The molecule has 1 aliphatic heterocycles. The van der Waals surface area contributed by atoms with E-state index in [1.165, 1.54) is 0 Å². The van der Waals surface area contributed by atoms with Gasteiger partial charge in [0.25, 0.3) is 10.0 Å². The van der Waals surface area contributed by atoms with Crippen LogP contribution in [-0.2, 0) is 16.6 Å². The number of rotatable bonds is 4. The minimum atomic E-state index is -3.59. The Morgan fingerprint density at radius 3 is 2.89 bits per heavy atom. The number of hydrogen-bond donors (Lipinski definition) is 3. The molecule has 2 heterocycles. The number of likely N-dealkylation sites (N-methyl/N-ethyl adjacent to an activating group) is 1. The number of nitrogens with zero attached hydrogens (tertiary/aromatic N) is 2.